The van der Waals surface area contributed by atoms with Crippen molar-refractivity contribution < 1.29 is 18.0 Å². The first-order valence-electron chi connectivity index (χ1n) is 7.18. The van der Waals surface area contributed by atoms with Gasteiger partial charge in [-0.15, -0.1) is 0 Å². The molecule has 22 heavy (non-hydrogen) atoms. The van der Waals surface area contributed by atoms with Crippen molar-refractivity contribution in [3.8, 4) is 0 Å². The normalized spacial score (nSPS) is 19.6. The fraction of sp³-hybridized carbons (Fsp3) is 0.500. The van der Waals surface area contributed by atoms with Gasteiger partial charge in [-0.2, -0.15) is 0 Å². The van der Waals surface area contributed by atoms with Gasteiger partial charge in [0.25, 0.3) is 11.8 Å². The fourth-order valence-corrected chi connectivity index (χ4v) is 3.86. The minimum Gasteiger partial charge on any atom is -0.351 e. The molecule has 1 aromatic rings. The average molecular weight is 325 g/mol. The lowest BCUT2D eigenvalue weighted by molar-refractivity contribution is 0.0935. The first kappa shape index (κ1) is 16.4. The monoisotopic (exact) mass is 325 g/mol. The highest BCUT2D eigenvalue weighted by molar-refractivity contribution is 7.91. The van der Waals surface area contributed by atoms with Crippen molar-refractivity contribution in [2.75, 3.05) is 18.1 Å². The number of pyridine rings is 1. The van der Waals surface area contributed by atoms with Crippen LogP contribution >= 0.6 is 0 Å². The fourth-order valence-electron chi connectivity index (χ4n) is 2.18. The third kappa shape index (κ3) is 4.27. The second kappa shape index (κ2) is 6.87. The van der Waals surface area contributed by atoms with Crippen LogP contribution in [-0.4, -0.2) is 49.3 Å². The van der Waals surface area contributed by atoms with Crippen LogP contribution in [0.3, 0.4) is 0 Å². The van der Waals surface area contributed by atoms with Crippen molar-refractivity contribution in [2.24, 2.45) is 0 Å². The molecule has 1 fully saturated rings. The van der Waals surface area contributed by atoms with Gasteiger partial charge in [-0.3, -0.25) is 9.59 Å². The predicted molar refractivity (Wildman–Crippen MR) is 81.4 cm³/mol. The van der Waals surface area contributed by atoms with Gasteiger partial charge in [0, 0.05) is 12.6 Å². The zero-order valence-corrected chi connectivity index (χ0v) is 13.1. The van der Waals surface area contributed by atoms with E-state index in [4.69, 9.17) is 0 Å². The number of nitrogens with one attached hydrogen (secondary N) is 2. The summed E-state index contributed by atoms with van der Waals surface area (Å²) in [4.78, 5) is 28.0. The number of carbonyl (C=O) groups is 2. The smallest absolute Gasteiger partial charge is 0.270 e. The Morgan fingerprint density at radius 1 is 1.27 bits per heavy atom. The first-order valence-corrected chi connectivity index (χ1v) is 9.00. The van der Waals surface area contributed by atoms with Crippen LogP contribution in [0.5, 0.6) is 0 Å². The zero-order valence-electron chi connectivity index (χ0n) is 12.3. The Hall–Kier alpha value is -1.96. The third-order valence-electron chi connectivity index (χ3n) is 3.32. The summed E-state index contributed by atoms with van der Waals surface area (Å²) >= 11 is 0. The molecule has 2 heterocycles. The molecule has 1 aliphatic heterocycles. The number of carbonyl (C=O) groups excluding carboxylic acids is 2. The molecule has 1 aliphatic rings. The number of hydrogen-bond donors (Lipinski definition) is 2. The second-order valence-corrected chi connectivity index (χ2v) is 7.47. The van der Waals surface area contributed by atoms with Gasteiger partial charge >= 0.3 is 0 Å². The van der Waals surface area contributed by atoms with E-state index in [9.17, 15) is 18.0 Å². The van der Waals surface area contributed by atoms with Gasteiger partial charge in [0.05, 0.1) is 11.5 Å². The van der Waals surface area contributed by atoms with Crippen molar-refractivity contribution >= 4 is 21.7 Å². The van der Waals surface area contributed by atoms with E-state index in [0.29, 0.717) is 13.0 Å². The summed E-state index contributed by atoms with van der Waals surface area (Å²) in [5, 5.41) is 5.33. The zero-order chi connectivity index (χ0) is 16.2. The van der Waals surface area contributed by atoms with Crippen LogP contribution in [0.25, 0.3) is 0 Å². The summed E-state index contributed by atoms with van der Waals surface area (Å²) in [6.07, 6.45) is 1.22. The highest BCUT2D eigenvalue weighted by Gasteiger charge is 2.29. The van der Waals surface area contributed by atoms with Gasteiger partial charge in [0.2, 0.25) is 0 Å². The molecule has 0 saturated carbocycles. The van der Waals surface area contributed by atoms with E-state index < -0.39 is 21.8 Å². The molecule has 2 rings (SSSR count). The summed E-state index contributed by atoms with van der Waals surface area (Å²) in [5.41, 5.74) is 0.272. The third-order valence-corrected chi connectivity index (χ3v) is 5.09. The molecular weight excluding hydrogens is 306 g/mol. The molecule has 0 radical (unpaired) electrons. The van der Waals surface area contributed by atoms with Crippen LogP contribution in [0.1, 0.15) is 40.7 Å². The SMILES string of the molecule is CCCNC(=O)c1cccc(C(=O)NC2CCS(=O)(=O)C2)n1. The molecule has 1 atom stereocenters. The first-order chi connectivity index (χ1) is 10.4. The van der Waals surface area contributed by atoms with Gasteiger partial charge in [-0.1, -0.05) is 13.0 Å². The van der Waals surface area contributed by atoms with Crippen molar-refractivity contribution in [3.05, 3.63) is 29.6 Å². The Morgan fingerprint density at radius 2 is 1.95 bits per heavy atom. The molecule has 7 nitrogen and oxygen atoms in total. The van der Waals surface area contributed by atoms with Gasteiger partial charge < -0.3 is 10.6 Å². The highest BCUT2D eigenvalue weighted by atomic mass is 32.2. The van der Waals surface area contributed by atoms with Crippen LogP contribution in [-0.2, 0) is 9.84 Å². The van der Waals surface area contributed by atoms with Gasteiger partial charge in [-0.05, 0) is 25.0 Å². The van der Waals surface area contributed by atoms with Crippen LogP contribution in [0, 0.1) is 0 Å². The van der Waals surface area contributed by atoms with E-state index in [1.54, 1.807) is 6.07 Å². The maximum Gasteiger partial charge on any atom is 0.270 e. The lowest BCUT2D eigenvalue weighted by Gasteiger charge is -2.11. The molecular formula is C14H19N3O4S. The number of sulfone groups is 1. The molecule has 120 valence electrons. The minimum absolute atomic E-state index is 0.0462. The molecule has 2 N–H and O–H groups in total. The number of amides is 2. The van der Waals surface area contributed by atoms with Crippen LogP contribution < -0.4 is 10.6 Å². The number of hydrogen-bond acceptors (Lipinski definition) is 5. The van der Waals surface area contributed by atoms with E-state index in [1.165, 1.54) is 12.1 Å². The second-order valence-electron chi connectivity index (χ2n) is 5.24. The van der Waals surface area contributed by atoms with Gasteiger partial charge in [0.1, 0.15) is 11.4 Å². The topological polar surface area (TPSA) is 105 Å². The molecule has 1 aromatic heterocycles. The molecule has 8 heteroatoms. The molecule has 0 aliphatic carbocycles. The average Bonchev–Trinajstić information content (AvgIpc) is 2.83. The van der Waals surface area contributed by atoms with E-state index in [1.807, 2.05) is 6.92 Å². The Bertz CT molecular complexity index is 672. The maximum absolute atomic E-state index is 12.1. The lowest BCUT2D eigenvalue weighted by atomic mass is 10.2. The van der Waals surface area contributed by atoms with Crippen molar-refractivity contribution in [3.63, 3.8) is 0 Å². The standard InChI is InChI=1S/C14H19N3O4S/c1-2-7-15-13(18)11-4-3-5-12(17-11)14(19)16-10-6-8-22(20,21)9-10/h3-5,10H,2,6-9H2,1H3,(H,15,18)(H,16,19). The van der Waals surface area contributed by atoms with Gasteiger partial charge in [-0.25, -0.2) is 13.4 Å². The Kier molecular flexibility index (Phi) is 5.12. The summed E-state index contributed by atoms with van der Waals surface area (Å²) in [6, 6.07) is 4.21. The van der Waals surface area contributed by atoms with Crippen molar-refractivity contribution in [1.29, 1.82) is 0 Å². The number of rotatable bonds is 5. The Balaban J connectivity index is 2.03. The van der Waals surface area contributed by atoms with E-state index in [-0.39, 0.29) is 28.8 Å². The summed E-state index contributed by atoms with van der Waals surface area (Å²) in [6.45, 7) is 2.48. The summed E-state index contributed by atoms with van der Waals surface area (Å²) in [7, 11) is -3.05. The van der Waals surface area contributed by atoms with Crippen LogP contribution in [0.2, 0.25) is 0 Å². The maximum atomic E-state index is 12.1. The Morgan fingerprint density at radius 3 is 2.55 bits per heavy atom. The van der Waals surface area contributed by atoms with E-state index in [0.717, 1.165) is 6.42 Å². The van der Waals surface area contributed by atoms with E-state index >= 15 is 0 Å². The number of aromatic nitrogens is 1. The summed E-state index contributed by atoms with van der Waals surface area (Å²) < 4.78 is 22.8. The molecule has 1 saturated heterocycles. The molecule has 0 aromatic carbocycles. The van der Waals surface area contributed by atoms with Crippen LogP contribution in [0.4, 0.5) is 0 Å². The van der Waals surface area contributed by atoms with Crippen LogP contribution in [0.15, 0.2) is 18.2 Å². The van der Waals surface area contributed by atoms with Crippen molar-refractivity contribution in [1.82, 2.24) is 15.6 Å². The largest absolute Gasteiger partial charge is 0.351 e. The molecule has 0 bridgehead atoms. The summed E-state index contributed by atoms with van der Waals surface area (Å²) in [5.74, 6) is -0.757. The quantitative estimate of drug-likeness (QED) is 0.801. The lowest BCUT2D eigenvalue weighted by Crippen LogP contribution is -2.36. The van der Waals surface area contributed by atoms with Crippen molar-refractivity contribution in [2.45, 2.75) is 25.8 Å². The molecule has 2 amide bonds. The highest BCUT2D eigenvalue weighted by Crippen LogP contribution is 2.12. The Labute approximate surface area is 129 Å². The minimum atomic E-state index is -3.05. The molecule has 0 spiro atoms. The van der Waals surface area contributed by atoms with Gasteiger partial charge in [0.15, 0.2) is 9.84 Å². The predicted octanol–water partition coefficient (Wildman–Crippen LogP) is 0.138. The number of nitrogens with zero attached hydrogens (tertiary/aromatic N) is 1. The molecule has 1 unspecified atom stereocenters. The van der Waals surface area contributed by atoms with E-state index in [2.05, 4.69) is 15.6 Å².